The number of thiazole rings is 1. The fraction of sp³-hybridized carbons (Fsp3) is 0.588. The van der Waals surface area contributed by atoms with Crippen LogP contribution in [0.2, 0.25) is 0 Å². The van der Waals surface area contributed by atoms with Gasteiger partial charge >= 0.3 is 5.97 Å². The van der Waals surface area contributed by atoms with Gasteiger partial charge in [-0.3, -0.25) is 14.7 Å². The summed E-state index contributed by atoms with van der Waals surface area (Å²) in [5.74, 6) is -1.57. The van der Waals surface area contributed by atoms with Gasteiger partial charge in [-0.2, -0.15) is 23.4 Å². The summed E-state index contributed by atoms with van der Waals surface area (Å²) in [7, 11) is -7.55. The fourth-order valence-electron chi connectivity index (χ4n) is 1.99. The van der Waals surface area contributed by atoms with E-state index in [9.17, 15) is 21.6 Å². The number of aromatic nitrogens is 4. The molecule has 0 amide bonds. The highest BCUT2D eigenvalue weighted by Crippen LogP contribution is 2.20. The predicted octanol–water partition coefficient (Wildman–Crippen LogP) is 1.01. The molecule has 0 spiro atoms. The van der Waals surface area contributed by atoms with Crippen molar-refractivity contribution >= 4 is 60.4 Å². The second-order valence-corrected chi connectivity index (χ2v) is 10.2. The van der Waals surface area contributed by atoms with E-state index >= 15 is 0 Å². The Labute approximate surface area is 209 Å². The first kappa shape index (κ1) is 32.3. The lowest BCUT2D eigenvalue weighted by molar-refractivity contribution is -0.136. The second kappa shape index (κ2) is 16.1. The van der Waals surface area contributed by atoms with Crippen LogP contribution in [0.1, 0.15) is 33.4 Å². The van der Waals surface area contributed by atoms with Crippen molar-refractivity contribution in [2.45, 2.75) is 34.1 Å². The Hall–Kier alpha value is -2.67. The van der Waals surface area contributed by atoms with Gasteiger partial charge in [-0.1, -0.05) is 27.7 Å². The van der Waals surface area contributed by atoms with E-state index < -0.39 is 31.9 Å². The lowest BCUT2D eigenvalue weighted by Crippen LogP contribution is -2.28. The number of nitrogens with zero attached hydrogens (tertiary/aromatic N) is 4. The number of rotatable bonds is 13. The Morgan fingerprint density at radius 3 is 1.97 bits per heavy atom. The topological polar surface area (TPSA) is 225 Å². The molecule has 6 N–H and O–H groups in total. The normalized spacial score (nSPS) is 10.8. The maximum Gasteiger partial charge on any atom is 0.309 e. The molecular weight excluding hydrogens is 524 g/mol. The Morgan fingerprint density at radius 1 is 0.914 bits per heavy atom. The van der Waals surface area contributed by atoms with Gasteiger partial charge in [0.05, 0.1) is 24.1 Å². The number of nitrogens with one attached hydrogen (secondary N) is 4. The molecule has 2 aromatic heterocycles. The molecule has 0 aliphatic rings. The average Bonchev–Trinajstić information content (AvgIpc) is 3.18. The number of carbonyl (C=O) groups is 1. The highest BCUT2D eigenvalue weighted by Gasteiger charge is 2.12. The molecule has 0 bridgehead atoms. The molecule has 15 nitrogen and oxygen atoms in total. The minimum Gasteiger partial charge on any atom is -0.481 e. The first-order chi connectivity index (χ1) is 16.4. The van der Waals surface area contributed by atoms with Crippen LogP contribution in [0.3, 0.4) is 0 Å². The van der Waals surface area contributed by atoms with Crippen LogP contribution >= 0.6 is 11.3 Å². The summed E-state index contributed by atoms with van der Waals surface area (Å²) in [6, 6.07) is 0. The minimum atomic E-state index is -4.19. The molecule has 200 valence electrons. The van der Waals surface area contributed by atoms with Gasteiger partial charge in [-0.15, -0.1) is 11.3 Å². The standard InChI is InChI=1S/C13H20N8O7S3.2C2H6/c1-30(24,25)16-3-2-14-10-18-11(15-4-5-31(26,27)28)20-12(19-10)21-13-17-8(7-29-13)6-9(22)23;2*1-2/h7,16H,2-6H2,1H3,(H,22,23)(H,26,27,28)(H3,14,15,17,18,19,20,21);2*1-2H3. The molecule has 0 aliphatic carbocycles. The molecule has 0 unspecified atom stereocenters. The van der Waals surface area contributed by atoms with Gasteiger partial charge in [0.2, 0.25) is 27.9 Å². The largest absolute Gasteiger partial charge is 0.481 e. The number of aliphatic carboxylic acids is 1. The number of carboxylic acid groups (broad SMARTS) is 1. The molecule has 0 aliphatic heterocycles. The number of hydrogen-bond donors (Lipinski definition) is 6. The summed E-state index contributed by atoms with van der Waals surface area (Å²) >= 11 is 1.13. The van der Waals surface area contributed by atoms with E-state index in [2.05, 4.69) is 40.6 Å². The van der Waals surface area contributed by atoms with Crippen LogP contribution in [0.5, 0.6) is 0 Å². The van der Waals surface area contributed by atoms with Crippen LogP contribution in [0.15, 0.2) is 5.38 Å². The summed E-state index contributed by atoms with van der Waals surface area (Å²) in [4.78, 5) is 27.1. The van der Waals surface area contributed by atoms with Crippen LogP contribution in [0, 0.1) is 0 Å². The Balaban J connectivity index is 0.00000274. The van der Waals surface area contributed by atoms with Gasteiger partial charge < -0.3 is 15.7 Å². The molecule has 0 saturated heterocycles. The van der Waals surface area contributed by atoms with Gasteiger partial charge in [-0.25, -0.2) is 18.1 Å². The van der Waals surface area contributed by atoms with Crippen molar-refractivity contribution in [3.05, 3.63) is 11.1 Å². The average molecular weight is 557 g/mol. The molecule has 2 rings (SSSR count). The summed E-state index contributed by atoms with van der Waals surface area (Å²) in [6.07, 6.45) is 0.764. The van der Waals surface area contributed by atoms with Crippen LogP contribution in [-0.4, -0.2) is 84.0 Å². The Morgan fingerprint density at radius 2 is 1.46 bits per heavy atom. The number of hydrogen-bond acceptors (Lipinski definition) is 13. The third kappa shape index (κ3) is 15.8. The van der Waals surface area contributed by atoms with Crippen molar-refractivity contribution in [2.75, 3.05) is 47.6 Å². The fourth-order valence-corrected chi connectivity index (χ4v) is 3.53. The molecule has 35 heavy (non-hydrogen) atoms. The van der Waals surface area contributed by atoms with Crippen LogP contribution in [-0.2, 0) is 31.4 Å². The summed E-state index contributed by atoms with van der Waals surface area (Å²) in [5, 5.41) is 18.9. The van der Waals surface area contributed by atoms with Crippen molar-refractivity contribution in [1.82, 2.24) is 24.7 Å². The van der Waals surface area contributed by atoms with E-state index in [1.54, 1.807) is 5.38 Å². The zero-order valence-corrected chi connectivity index (χ0v) is 22.5. The van der Waals surface area contributed by atoms with E-state index in [1.807, 2.05) is 27.7 Å². The van der Waals surface area contributed by atoms with Crippen molar-refractivity contribution in [3.63, 3.8) is 0 Å². The second-order valence-electron chi connectivity index (χ2n) is 5.95. The van der Waals surface area contributed by atoms with E-state index in [0.717, 1.165) is 17.6 Å². The van der Waals surface area contributed by atoms with E-state index in [1.165, 1.54) is 0 Å². The SMILES string of the molecule is CC.CC.CS(=O)(=O)NCCNc1nc(NCCS(=O)(=O)O)nc(Nc2nc(CC(=O)O)cs2)n1. The quantitative estimate of drug-likeness (QED) is 0.150. The third-order valence-electron chi connectivity index (χ3n) is 3.15. The van der Waals surface area contributed by atoms with Crippen LogP contribution < -0.4 is 20.7 Å². The van der Waals surface area contributed by atoms with Crippen molar-refractivity contribution in [3.8, 4) is 0 Å². The zero-order valence-electron chi connectivity index (χ0n) is 20.1. The van der Waals surface area contributed by atoms with E-state index in [0.29, 0.717) is 10.8 Å². The first-order valence-corrected chi connectivity index (χ1v) is 14.8. The van der Waals surface area contributed by atoms with Gasteiger partial charge in [0.15, 0.2) is 5.13 Å². The Bertz CT molecular complexity index is 1120. The molecule has 2 aromatic rings. The van der Waals surface area contributed by atoms with Crippen molar-refractivity contribution in [2.24, 2.45) is 0 Å². The molecular formula is C17H32N8O7S3. The number of anilines is 4. The van der Waals surface area contributed by atoms with E-state index in [-0.39, 0.29) is 43.9 Å². The van der Waals surface area contributed by atoms with Gasteiger partial charge in [0.25, 0.3) is 10.1 Å². The molecule has 0 aromatic carbocycles. The third-order valence-corrected chi connectivity index (χ3v) is 5.41. The van der Waals surface area contributed by atoms with Crippen molar-refractivity contribution < 1.29 is 31.3 Å². The van der Waals surface area contributed by atoms with Crippen LogP contribution in [0.4, 0.5) is 23.0 Å². The number of sulfonamides is 1. The maximum absolute atomic E-state index is 11.1. The Kier molecular flexibility index (Phi) is 14.9. The first-order valence-electron chi connectivity index (χ1n) is 10.5. The number of carboxylic acids is 1. The molecule has 2 heterocycles. The molecule has 18 heteroatoms. The summed E-state index contributed by atoms with van der Waals surface area (Å²) in [6.45, 7) is 8.02. The highest BCUT2D eigenvalue weighted by molar-refractivity contribution is 7.88. The van der Waals surface area contributed by atoms with Gasteiger partial charge in [0, 0.05) is 25.0 Å². The smallest absolute Gasteiger partial charge is 0.309 e. The highest BCUT2D eigenvalue weighted by atomic mass is 32.2. The molecule has 0 saturated carbocycles. The lowest BCUT2D eigenvalue weighted by atomic mass is 10.3. The monoisotopic (exact) mass is 556 g/mol. The molecule has 0 fully saturated rings. The minimum absolute atomic E-state index is 0.0131. The van der Waals surface area contributed by atoms with Crippen molar-refractivity contribution in [1.29, 1.82) is 0 Å². The summed E-state index contributed by atoms with van der Waals surface area (Å²) < 4.78 is 55.1. The maximum atomic E-state index is 11.1. The van der Waals surface area contributed by atoms with Gasteiger partial charge in [-0.05, 0) is 0 Å². The molecule has 0 atom stereocenters. The predicted molar refractivity (Wildman–Crippen MR) is 136 cm³/mol. The van der Waals surface area contributed by atoms with Gasteiger partial charge in [0.1, 0.15) is 0 Å². The molecule has 0 radical (unpaired) electrons. The zero-order chi connectivity index (χ0) is 27.1. The summed E-state index contributed by atoms with van der Waals surface area (Å²) in [5.41, 5.74) is 0.339. The van der Waals surface area contributed by atoms with Crippen LogP contribution in [0.25, 0.3) is 0 Å². The lowest BCUT2D eigenvalue weighted by Gasteiger charge is -2.10. The van der Waals surface area contributed by atoms with E-state index in [4.69, 9.17) is 9.66 Å².